The van der Waals surface area contributed by atoms with Gasteiger partial charge < -0.3 is 23.8 Å². The number of nitrogens with zero attached hydrogens (tertiary/aromatic N) is 5. The van der Waals surface area contributed by atoms with Gasteiger partial charge in [-0.2, -0.15) is 0 Å². The van der Waals surface area contributed by atoms with E-state index in [4.69, 9.17) is 23.9 Å². The first-order valence-corrected chi connectivity index (χ1v) is 15.9. The average molecular weight is 630 g/mol. The lowest BCUT2D eigenvalue weighted by molar-refractivity contribution is 0.00749. The number of ether oxygens (including phenoxy) is 4. The summed E-state index contributed by atoms with van der Waals surface area (Å²) in [5.41, 5.74) is 3.77. The van der Waals surface area contributed by atoms with Gasteiger partial charge >= 0.3 is 12.2 Å². The van der Waals surface area contributed by atoms with Crippen LogP contribution in [0.15, 0.2) is 36.8 Å². The van der Waals surface area contributed by atoms with E-state index in [-0.39, 0.29) is 24.5 Å². The van der Waals surface area contributed by atoms with Gasteiger partial charge in [0.15, 0.2) is 0 Å². The smallest absolute Gasteiger partial charge is 0.420 e. The topological polar surface area (TPSA) is 116 Å². The predicted octanol–water partition coefficient (Wildman–Crippen LogP) is 7.04. The standard InChI is InChI=1S/C35H43N5O6/c1-21-14-23(24-16-37-30(38-17-24)25-18-39(19-25)32(41)45-34(2,3)4)15-28-29(21)44-20-27-26(22-9-12-43-13-10-22)8-11-36-31(27)40(28)33(42)46-35(5,6)7/h8,11,14-17,22,25H,9-10,12-13,18-20H2,1-7H3. The molecular formula is C35H43N5O6. The Hall–Kier alpha value is -4.25. The van der Waals surface area contributed by atoms with Crippen molar-refractivity contribution in [2.24, 2.45) is 0 Å². The Kier molecular flexibility index (Phi) is 8.39. The zero-order valence-electron chi connectivity index (χ0n) is 27.8. The number of carbonyl (C=O) groups is 2. The Morgan fingerprint density at radius 2 is 1.52 bits per heavy atom. The highest BCUT2D eigenvalue weighted by atomic mass is 16.6. The van der Waals surface area contributed by atoms with Crippen LogP contribution in [0.5, 0.6) is 5.75 Å². The van der Waals surface area contributed by atoms with Crippen LogP contribution < -0.4 is 9.64 Å². The molecule has 244 valence electrons. The van der Waals surface area contributed by atoms with Gasteiger partial charge in [-0.25, -0.2) is 29.4 Å². The fourth-order valence-electron chi connectivity index (χ4n) is 6.07. The largest absolute Gasteiger partial charge is 0.486 e. The predicted molar refractivity (Wildman–Crippen MR) is 172 cm³/mol. The number of aromatic nitrogens is 3. The van der Waals surface area contributed by atoms with Crippen LogP contribution >= 0.6 is 0 Å². The summed E-state index contributed by atoms with van der Waals surface area (Å²) in [4.78, 5) is 43.6. The molecule has 2 fully saturated rings. The molecule has 2 aromatic heterocycles. The van der Waals surface area contributed by atoms with Gasteiger partial charge in [0, 0.05) is 56.0 Å². The van der Waals surface area contributed by atoms with Crippen molar-refractivity contribution >= 4 is 23.7 Å². The maximum Gasteiger partial charge on any atom is 0.420 e. The van der Waals surface area contributed by atoms with E-state index in [1.54, 1.807) is 28.4 Å². The number of fused-ring (bicyclic) bond motifs is 2. The summed E-state index contributed by atoms with van der Waals surface area (Å²) in [5.74, 6) is 2.11. The molecular weight excluding hydrogens is 586 g/mol. The number of aryl methyl sites for hydroxylation is 1. The van der Waals surface area contributed by atoms with Gasteiger partial charge in [-0.15, -0.1) is 0 Å². The molecule has 3 aromatic rings. The Bertz CT molecular complexity index is 1620. The molecule has 46 heavy (non-hydrogen) atoms. The molecule has 1 aromatic carbocycles. The molecule has 0 radical (unpaired) electrons. The van der Waals surface area contributed by atoms with Crippen molar-refractivity contribution in [3.05, 3.63) is 59.3 Å². The van der Waals surface area contributed by atoms with E-state index in [0.717, 1.165) is 40.7 Å². The van der Waals surface area contributed by atoms with Crippen molar-refractivity contribution in [3.8, 4) is 16.9 Å². The van der Waals surface area contributed by atoms with E-state index in [2.05, 4.69) is 9.97 Å². The zero-order valence-corrected chi connectivity index (χ0v) is 27.8. The number of likely N-dealkylation sites (tertiary alicyclic amines) is 1. The number of carbonyl (C=O) groups excluding carboxylic acids is 2. The van der Waals surface area contributed by atoms with Crippen molar-refractivity contribution in [1.29, 1.82) is 0 Å². The molecule has 0 spiro atoms. The molecule has 0 N–H and O–H groups in total. The number of amides is 2. The Morgan fingerprint density at radius 3 is 2.17 bits per heavy atom. The lowest BCUT2D eigenvalue weighted by Gasteiger charge is -2.38. The van der Waals surface area contributed by atoms with Crippen molar-refractivity contribution in [1.82, 2.24) is 19.9 Å². The fourth-order valence-corrected chi connectivity index (χ4v) is 6.07. The summed E-state index contributed by atoms with van der Waals surface area (Å²) in [6.07, 6.45) is 6.27. The second kappa shape index (κ2) is 12.2. The molecule has 2 saturated heterocycles. The average Bonchev–Trinajstić information content (AvgIpc) is 3.12. The first-order chi connectivity index (χ1) is 21.8. The maximum absolute atomic E-state index is 14.0. The lowest BCUT2D eigenvalue weighted by Crippen LogP contribution is -2.50. The fraction of sp³-hybridized carbons (Fsp3) is 0.514. The van der Waals surface area contributed by atoms with Crippen LogP contribution in [0.4, 0.5) is 21.1 Å². The minimum absolute atomic E-state index is 0.0407. The van der Waals surface area contributed by atoms with Crippen molar-refractivity contribution in [2.75, 3.05) is 31.2 Å². The van der Waals surface area contributed by atoms with Gasteiger partial charge in [0.1, 0.15) is 35.2 Å². The number of pyridine rings is 1. The highest BCUT2D eigenvalue weighted by molar-refractivity contribution is 5.99. The van der Waals surface area contributed by atoms with Crippen LogP contribution in [0.3, 0.4) is 0 Å². The van der Waals surface area contributed by atoms with E-state index in [1.165, 1.54) is 0 Å². The highest BCUT2D eigenvalue weighted by Crippen LogP contribution is 2.46. The van der Waals surface area contributed by atoms with Crippen LogP contribution in [-0.4, -0.2) is 69.5 Å². The number of benzene rings is 1. The summed E-state index contributed by atoms with van der Waals surface area (Å²) in [6.45, 7) is 15.8. The van der Waals surface area contributed by atoms with E-state index in [9.17, 15) is 9.59 Å². The molecule has 5 heterocycles. The molecule has 11 nitrogen and oxygen atoms in total. The molecule has 3 aliphatic rings. The second-order valence-corrected chi connectivity index (χ2v) is 14.2. The van der Waals surface area contributed by atoms with E-state index in [1.807, 2.05) is 66.7 Å². The number of hydrogen-bond donors (Lipinski definition) is 0. The molecule has 0 unspecified atom stereocenters. The summed E-state index contributed by atoms with van der Waals surface area (Å²) < 4.78 is 23.5. The van der Waals surface area contributed by atoms with Crippen LogP contribution in [0.1, 0.15) is 88.7 Å². The summed E-state index contributed by atoms with van der Waals surface area (Å²) in [7, 11) is 0. The van der Waals surface area contributed by atoms with Crippen molar-refractivity contribution in [3.63, 3.8) is 0 Å². The number of anilines is 2. The van der Waals surface area contributed by atoms with Crippen LogP contribution in [0, 0.1) is 6.92 Å². The van der Waals surface area contributed by atoms with Gasteiger partial charge in [0.2, 0.25) is 0 Å². The quantitative estimate of drug-likeness (QED) is 0.301. The van der Waals surface area contributed by atoms with Gasteiger partial charge in [-0.3, -0.25) is 0 Å². The first-order valence-electron chi connectivity index (χ1n) is 15.9. The van der Waals surface area contributed by atoms with Gasteiger partial charge in [0.05, 0.1) is 11.6 Å². The normalized spacial score (nSPS) is 17.3. The van der Waals surface area contributed by atoms with Gasteiger partial charge in [-0.05, 0) is 102 Å². The van der Waals surface area contributed by atoms with Crippen molar-refractivity contribution in [2.45, 2.75) is 91.0 Å². The number of rotatable bonds is 3. The van der Waals surface area contributed by atoms with Crippen LogP contribution in [-0.2, 0) is 20.8 Å². The lowest BCUT2D eigenvalue weighted by atomic mass is 9.89. The second-order valence-electron chi connectivity index (χ2n) is 14.2. The van der Waals surface area contributed by atoms with E-state index >= 15 is 0 Å². The Labute approximate surface area is 270 Å². The monoisotopic (exact) mass is 629 g/mol. The third-order valence-corrected chi connectivity index (χ3v) is 8.28. The molecule has 0 aliphatic carbocycles. The summed E-state index contributed by atoms with van der Waals surface area (Å²) in [5, 5.41) is 0. The molecule has 3 aliphatic heterocycles. The Balaban J connectivity index is 1.32. The van der Waals surface area contributed by atoms with Gasteiger partial charge in [-0.1, -0.05) is 0 Å². The van der Waals surface area contributed by atoms with Crippen LogP contribution in [0.2, 0.25) is 0 Å². The molecule has 0 saturated carbocycles. The van der Waals surface area contributed by atoms with Gasteiger partial charge in [0.25, 0.3) is 0 Å². The first kappa shape index (κ1) is 31.7. The SMILES string of the molecule is Cc1cc(-c2cnc(C3CN(C(=O)OC(C)(C)C)C3)nc2)cc2c1OCc1c(C3CCOCC3)ccnc1N2C(=O)OC(C)(C)C. The van der Waals surface area contributed by atoms with Crippen LogP contribution in [0.25, 0.3) is 11.1 Å². The third-order valence-electron chi connectivity index (χ3n) is 8.28. The Morgan fingerprint density at radius 1 is 0.870 bits per heavy atom. The van der Waals surface area contributed by atoms with E-state index in [0.29, 0.717) is 49.4 Å². The molecule has 11 heteroatoms. The summed E-state index contributed by atoms with van der Waals surface area (Å²) >= 11 is 0. The molecule has 0 bridgehead atoms. The summed E-state index contributed by atoms with van der Waals surface area (Å²) in [6, 6.07) is 5.96. The zero-order chi connectivity index (χ0) is 32.8. The highest BCUT2D eigenvalue weighted by Gasteiger charge is 2.37. The minimum atomic E-state index is -0.722. The minimum Gasteiger partial charge on any atom is -0.486 e. The molecule has 0 atom stereocenters. The maximum atomic E-state index is 14.0. The molecule has 2 amide bonds. The third kappa shape index (κ3) is 6.65. The molecule has 6 rings (SSSR count). The number of hydrogen-bond acceptors (Lipinski definition) is 9. The van der Waals surface area contributed by atoms with Crippen molar-refractivity contribution < 1.29 is 28.5 Å². The van der Waals surface area contributed by atoms with E-state index < -0.39 is 17.3 Å².